The number of aromatic carboxylic acids is 1. The van der Waals surface area contributed by atoms with Crippen LogP contribution in [0.15, 0.2) is 12.1 Å². The van der Waals surface area contributed by atoms with Crippen molar-refractivity contribution in [3.8, 4) is 5.75 Å². The van der Waals surface area contributed by atoms with Crippen molar-refractivity contribution >= 4 is 35.1 Å². The Morgan fingerprint density at radius 3 is 2.56 bits per heavy atom. The van der Waals surface area contributed by atoms with Gasteiger partial charge >= 0.3 is 11.9 Å². The molecule has 0 atom stereocenters. The molecule has 0 unspecified atom stereocenters. The molecule has 0 radical (unpaired) electrons. The molecule has 7 heteroatoms. The molecule has 98 valence electrons. The molecule has 0 aliphatic carbocycles. The molecule has 5 nitrogen and oxygen atoms in total. The van der Waals surface area contributed by atoms with Crippen LogP contribution in [0.25, 0.3) is 0 Å². The van der Waals surface area contributed by atoms with E-state index >= 15 is 0 Å². The van der Waals surface area contributed by atoms with Crippen LogP contribution in [0.5, 0.6) is 5.75 Å². The summed E-state index contributed by atoms with van der Waals surface area (Å²) in [5.74, 6) is -1.69. The Kier molecular flexibility index (Phi) is 5.25. The van der Waals surface area contributed by atoms with E-state index in [1.54, 1.807) is 0 Å². The van der Waals surface area contributed by atoms with Gasteiger partial charge in [0.2, 0.25) is 0 Å². The van der Waals surface area contributed by atoms with Crippen molar-refractivity contribution in [1.29, 1.82) is 0 Å². The largest absolute Gasteiger partial charge is 0.491 e. The van der Waals surface area contributed by atoms with Crippen LogP contribution in [0, 0.1) is 0 Å². The van der Waals surface area contributed by atoms with Crippen molar-refractivity contribution < 1.29 is 24.2 Å². The van der Waals surface area contributed by atoms with Crippen molar-refractivity contribution in [1.82, 2.24) is 0 Å². The molecule has 0 aromatic heterocycles. The van der Waals surface area contributed by atoms with Crippen molar-refractivity contribution in [2.24, 2.45) is 0 Å². The molecule has 0 aliphatic rings. The molecule has 0 saturated carbocycles. The molecule has 0 fully saturated rings. The molecular weight excluding hydrogens is 283 g/mol. The fourth-order valence-corrected chi connectivity index (χ4v) is 1.75. The van der Waals surface area contributed by atoms with E-state index in [0.29, 0.717) is 0 Å². The maximum absolute atomic E-state index is 11.0. The van der Waals surface area contributed by atoms with Crippen molar-refractivity contribution in [2.75, 3.05) is 13.7 Å². The molecule has 1 aromatic rings. The Labute approximate surface area is 113 Å². The zero-order chi connectivity index (χ0) is 13.7. The molecule has 0 heterocycles. The van der Waals surface area contributed by atoms with E-state index in [9.17, 15) is 9.59 Å². The second-order valence-electron chi connectivity index (χ2n) is 3.24. The van der Waals surface area contributed by atoms with E-state index < -0.39 is 11.9 Å². The van der Waals surface area contributed by atoms with Crippen LogP contribution in [0.4, 0.5) is 0 Å². The first-order valence-electron chi connectivity index (χ1n) is 4.87. The van der Waals surface area contributed by atoms with E-state index in [0.717, 1.165) is 0 Å². The third-order valence-electron chi connectivity index (χ3n) is 2.02. The van der Waals surface area contributed by atoms with Crippen LogP contribution in [-0.4, -0.2) is 30.8 Å². The predicted octanol–water partition coefficient (Wildman–Crippen LogP) is 2.63. The minimum absolute atomic E-state index is 0.00544. The van der Waals surface area contributed by atoms with Crippen molar-refractivity contribution in [3.05, 3.63) is 27.7 Å². The molecule has 0 saturated heterocycles. The lowest BCUT2D eigenvalue weighted by Gasteiger charge is -2.10. The Balaban J connectivity index is 2.87. The first-order chi connectivity index (χ1) is 8.45. The number of carboxylic acids is 1. The van der Waals surface area contributed by atoms with Gasteiger partial charge in [0.1, 0.15) is 5.56 Å². The number of carboxylic acid groups (broad SMARTS) is 1. The first kappa shape index (κ1) is 14.6. The van der Waals surface area contributed by atoms with Gasteiger partial charge in [-0.05, 0) is 12.1 Å². The predicted molar refractivity (Wildman–Crippen MR) is 65.5 cm³/mol. The molecule has 0 amide bonds. The van der Waals surface area contributed by atoms with Gasteiger partial charge < -0.3 is 14.6 Å². The highest BCUT2D eigenvalue weighted by molar-refractivity contribution is 6.36. The number of methoxy groups -OCH3 is 1. The Morgan fingerprint density at radius 2 is 2.00 bits per heavy atom. The summed E-state index contributed by atoms with van der Waals surface area (Å²) in [6, 6.07) is 2.59. The second-order valence-corrected chi connectivity index (χ2v) is 4.09. The highest BCUT2D eigenvalue weighted by atomic mass is 35.5. The highest BCUT2D eigenvalue weighted by Crippen LogP contribution is 2.32. The summed E-state index contributed by atoms with van der Waals surface area (Å²) < 4.78 is 9.61. The monoisotopic (exact) mass is 292 g/mol. The van der Waals surface area contributed by atoms with Crippen LogP contribution >= 0.6 is 23.2 Å². The number of carbonyl (C=O) groups is 2. The first-order valence-corrected chi connectivity index (χ1v) is 5.63. The minimum Gasteiger partial charge on any atom is -0.491 e. The van der Waals surface area contributed by atoms with Gasteiger partial charge in [-0.25, -0.2) is 4.79 Å². The molecule has 1 N–H and O–H groups in total. The fourth-order valence-electron chi connectivity index (χ4n) is 1.20. The number of benzene rings is 1. The average molecular weight is 293 g/mol. The van der Waals surface area contributed by atoms with E-state index in [4.69, 9.17) is 33.0 Å². The molecular formula is C11H10Cl2O5. The highest BCUT2D eigenvalue weighted by Gasteiger charge is 2.17. The number of esters is 1. The van der Waals surface area contributed by atoms with Gasteiger partial charge in [-0.3, -0.25) is 4.79 Å². The van der Waals surface area contributed by atoms with Gasteiger partial charge in [-0.1, -0.05) is 23.2 Å². The number of rotatable bonds is 5. The van der Waals surface area contributed by atoms with E-state index in [-0.39, 0.29) is 34.4 Å². The SMILES string of the molecule is COC(=O)CCOc1c(Cl)cc(Cl)cc1C(=O)O. The maximum Gasteiger partial charge on any atom is 0.339 e. The van der Waals surface area contributed by atoms with Crippen LogP contribution in [0.3, 0.4) is 0 Å². The minimum atomic E-state index is -1.22. The van der Waals surface area contributed by atoms with Gasteiger partial charge in [0.05, 0.1) is 25.2 Å². The van der Waals surface area contributed by atoms with Crippen LogP contribution in [0.2, 0.25) is 10.0 Å². The van der Waals surface area contributed by atoms with Gasteiger partial charge in [0.15, 0.2) is 5.75 Å². The fraction of sp³-hybridized carbons (Fsp3) is 0.273. The summed E-state index contributed by atoms with van der Waals surface area (Å²) in [4.78, 5) is 21.9. The molecule has 1 aromatic carbocycles. The summed E-state index contributed by atoms with van der Waals surface area (Å²) in [5.41, 5.74) is -0.155. The van der Waals surface area contributed by atoms with Crippen LogP contribution < -0.4 is 4.74 Å². The standard InChI is InChI=1S/C11H10Cl2O5/c1-17-9(14)2-3-18-10-7(11(15)16)4-6(12)5-8(10)13/h4-5H,2-3H2,1H3,(H,15,16). The lowest BCUT2D eigenvalue weighted by Crippen LogP contribution is -2.10. The lowest BCUT2D eigenvalue weighted by molar-refractivity contribution is -0.141. The van der Waals surface area contributed by atoms with Gasteiger partial charge in [-0.2, -0.15) is 0 Å². The summed E-state index contributed by atoms with van der Waals surface area (Å²) in [6.07, 6.45) is -0.00544. The molecule has 0 spiro atoms. The van der Waals surface area contributed by atoms with Gasteiger partial charge in [0.25, 0.3) is 0 Å². The van der Waals surface area contributed by atoms with Gasteiger partial charge in [0, 0.05) is 5.02 Å². The Bertz CT molecular complexity index is 473. The van der Waals surface area contributed by atoms with Crippen molar-refractivity contribution in [3.63, 3.8) is 0 Å². The zero-order valence-electron chi connectivity index (χ0n) is 9.41. The Hall–Kier alpha value is -1.46. The third-order valence-corrected chi connectivity index (χ3v) is 2.52. The summed E-state index contributed by atoms with van der Waals surface area (Å²) >= 11 is 11.5. The second kappa shape index (κ2) is 6.47. The van der Waals surface area contributed by atoms with E-state index in [2.05, 4.69) is 4.74 Å². The van der Waals surface area contributed by atoms with Crippen LogP contribution in [-0.2, 0) is 9.53 Å². The molecule has 0 aliphatic heterocycles. The third kappa shape index (κ3) is 3.78. The number of ether oxygens (including phenoxy) is 2. The van der Waals surface area contributed by atoms with Gasteiger partial charge in [-0.15, -0.1) is 0 Å². The smallest absolute Gasteiger partial charge is 0.339 e. The normalized spacial score (nSPS) is 9.94. The Morgan fingerprint density at radius 1 is 1.33 bits per heavy atom. The zero-order valence-corrected chi connectivity index (χ0v) is 10.9. The molecule has 1 rings (SSSR count). The molecule has 0 bridgehead atoms. The van der Waals surface area contributed by atoms with E-state index in [1.807, 2.05) is 0 Å². The summed E-state index contributed by atoms with van der Waals surface area (Å²) in [7, 11) is 1.25. The summed E-state index contributed by atoms with van der Waals surface area (Å²) in [5, 5.41) is 9.25. The topological polar surface area (TPSA) is 72.8 Å². The number of hydrogen-bond acceptors (Lipinski definition) is 4. The van der Waals surface area contributed by atoms with Crippen LogP contribution in [0.1, 0.15) is 16.8 Å². The lowest BCUT2D eigenvalue weighted by atomic mass is 10.2. The summed E-state index contributed by atoms with van der Waals surface area (Å²) in [6.45, 7) is -0.0334. The number of carbonyl (C=O) groups excluding carboxylic acids is 1. The quantitative estimate of drug-likeness (QED) is 0.845. The van der Waals surface area contributed by atoms with E-state index in [1.165, 1.54) is 19.2 Å². The number of halogens is 2. The van der Waals surface area contributed by atoms with Crippen molar-refractivity contribution in [2.45, 2.75) is 6.42 Å². The average Bonchev–Trinajstić information content (AvgIpc) is 2.30. The number of hydrogen-bond donors (Lipinski definition) is 1. The molecule has 18 heavy (non-hydrogen) atoms. The maximum atomic E-state index is 11.0.